The number of hydrogen-bond acceptors (Lipinski definition) is 8. The van der Waals surface area contributed by atoms with Crippen LogP contribution in [0.2, 0.25) is 0 Å². The number of rotatable bonds is 8. The minimum Gasteiger partial charge on any atom is -0.497 e. The lowest BCUT2D eigenvalue weighted by Crippen LogP contribution is -2.33. The van der Waals surface area contributed by atoms with Gasteiger partial charge in [0.15, 0.2) is 11.7 Å². The number of anilines is 1. The Balaban J connectivity index is 1.30. The standard InChI is InChI=1S/C28H28N4O4S/c1-3-12-32-13-11-23-21(15-32)26(20-9-4-5-10-22(20)29-23)27(34)36-16-25(33)31-28-30-24(17-37-28)18-7-6-8-19(14-18)35-2/h4-10,14,17H,3,11-13,15-16H2,1-2H3,(H,30,31,33). The zero-order chi connectivity index (χ0) is 25.8. The monoisotopic (exact) mass is 516 g/mol. The van der Waals surface area contributed by atoms with Crippen LogP contribution in [0.4, 0.5) is 5.13 Å². The van der Waals surface area contributed by atoms with E-state index in [1.165, 1.54) is 11.3 Å². The van der Waals surface area contributed by atoms with Gasteiger partial charge in [-0.2, -0.15) is 0 Å². The van der Waals surface area contributed by atoms with E-state index >= 15 is 0 Å². The number of carbonyl (C=O) groups is 2. The summed E-state index contributed by atoms with van der Waals surface area (Å²) < 4.78 is 10.8. The molecule has 4 aromatic rings. The molecular weight excluding hydrogens is 488 g/mol. The van der Waals surface area contributed by atoms with E-state index in [2.05, 4.69) is 22.1 Å². The third-order valence-corrected chi connectivity index (χ3v) is 7.08. The smallest absolute Gasteiger partial charge is 0.339 e. The Morgan fingerprint density at radius 2 is 2.00 bits per heavy atom. The van der Waals surface area contributed by atoms with Crippen molar-refractivity contribution in [3.8, 4) is 17.0 Å². The second-order valence-electron chi connectivity index (χ2n) is 8.85. The third-order valence-electron chi connectivity index (χ3n) is 6.32. The van der Waals surface area contributed by atoms with Crippen molar-refractivity contribution in [3.63, 3.8) is 0 Å². The molecule has 9 heteroatoms. The molecular formula is C28H28N4O4S. The minimum atomic E-state index is -0.514. The van der Waals surface area contributed by atoms with Crippen LogP contribution in [0.3, 0.4) is 0 Å². The van der Waals surface area contributed by atoms with Crippen LogP contribution >= 0.6 is 11.3 Å². The molecule has 0 spiro atoms. The summed E-state index contributed by atoms with van der Waals surface area (Å²) in [5.41, 5.74) is 4.69. The van der Waals surface area contributed by atoms with Crippen LogP contribution in [0.1, 0.15) is 35.0 Å². The van der Waals surface area contributed by atoms with E-state index in [9.17, 15) is 9.59 Å². The first-order valence-corrected chi connectivity index (χ1v) is 13.1. The molecule has 1 N–H and O–H groups in total. The van der Waals surface area contributed by atoms with Crippen LogP contribution < -0.4 is 10.1 Å². The molecule has 0 saturated heterocycles. The fourth-order valence-corrected chi connectivity index (χ4v) is 5.33. The molecule has 1 aliphatic rings. The van der Waals surface area contributed by atoms with Crippen LogP contribution in [-0.2, 0) is 22.5 Å². The Kier molecular flexibility index (Phi) is 7.43. The van der Waals surface area contributed by atoms with Gasteiger partial charge in [-0.25, -0.2) is 9.78 Å². The van der Waals surface area contributed by atoms with Crippen molar-refractivity contribution < 1.29 is 19.1 Å². The van der Waals surface area contributed by atoms with Gasteiger partial charge in [0.2, 0.25) is 0 Å². The number of pyridine rings is 1. The van der Waals surface area contributed by atoms with Gasteiger partial charge in [0.1, 0.15) is 5.75 Å². The summed E-state index contributed by atoms with van der Waals surface area (Å²) in [4.78, 5) is 37.6. The highest BCUT2D eigenvalue weighted by Gasteiger charge is 2.26. The van der Waals surface area contributed by atoms with Crippen molar-refractivity contribution in [3.05, 3.63) is 70.7 Å². The molecule has 2 aromatic heterocycles. The fourth-order valence-electron chi connectivity index (χ4n) is 4.59. The van der Waals surface area contributed by atoms with Crippen LogP contribution in [-0.4, -0.2) is 53.6 Å². The summed E-state index contributed by atoms with van der Waals surface area (Å²) in [7, 11) is 1.61. The summed E-state index contributed by atoms with van der Waals surface area (Å²) in [6.45, 7) is 4.24. The predicted molar refractivity (Wildman–Crippen MR) is 144 cm³/mol. The van der Waals surface area contributed by atoms with E-state index < -0.39 is 18.5 Å². The van der Waals surface area contributed by atoms with Crippen molar-refractivity contribution >= 4 is 39.2 Å². The molecule has 5 rings (SSSR count). The van der Waals surface area contributed by atoms with E-state index in [4.69, 9.17) is 14.5 Å². The van der Waals surface area contributed by atoms with Crippen molar-refractivity contribution in [2.45, 2.75) is 26.3 Å². The lowest BCUT2D eigenvalue weighted by molar-refractivity contribution is -0.119. The molecule has 1 aliphatic heterocycles. The van der Waals surface area contributed by atoms with Crippen molar-refractivity contribution in [2.75, 3.05) is 32.1 Å². The van der Waals surface area contributed by atoms with E-state index in [-0.39, 0.29) is 0 Å². The van der Waals surface area contributed by atoms with Gasteiger partial charge >= 0.3 is 5.97 Å². The number of nitrogens with one attached hydrogen (secondary N) is 1. The molecule has 190 valence electrons. The second-order valence-corrected chi connectivity index (χ2v) is 9.71. The molecule has 8 nitrogen and oxygen atoms in total. The van der Waals surface area contributed by atoms with Gasteiger partial charge in [-0.1, -0.05) is 37.3 Å². The summed E-state index contributed by atoms with van der Waals surface area (Å²) in [6.07, 6.45) is 1.81. The molecule has 0 unspecified atom stereocenters. The Hall–Kier alpha value is -3.82. The van der Waals surface area contributed by atoms with Crippen molar-refractivity contribution in [1.29, 1.82) is 0 Å². The van der Waals surface area contributed by atoms with Gasteiger partial charge in [0.05, 0.1) is 23.9 Å². The first kappa shape index (κ1) is 24.9. The first-order valence-electron chi connectivity index (χ1n) is 12.3. The van der Waals surface area contributed by atoms with Gasteiger partial charge in [-0.3, -0.25) is 20.0 Å². The van der Waals surface area contributed by atoms with Gasteiger partial charge in [-0.15, -0.1) is 11.3 Å². The van der Waals surface area contributed by atoms with Crippen molar-refractivity contribution in [2.24, 2.45) is 0 Å². The van der Waals surface area contributed by atoms with Gasteiger partial charge in [0.25, 0.3) is 5.91 Å². The summed E-state index contributed by atoms with van der Waals surface area (Å²) in [5.74, 6) is -0.231. The number of para-hydroxylation sites is 1. The zero-order valence-corrected chi connectivity index (χ0v) is 21.6. The van der Waals surface area contributed by atoms with Crippen LogP contribution in [0, 0.1) is 0 Å². The number of amides is 1. The second kappa shape index (κ2) is 11.1. The molecule has 0 atom stereocenters. The molecule has 0 aliphatic carbocycles. The SMILES string of the molecule is CCCN1CCc2nc3ccccc3c(C(=O)OCC(=O)Nc3nc(-c4cccc(OC)c4)cs3)c2C1. The number of nitrogens with zero attached hydrogens (tertiary/aromatic N) is 3. The maximum atomic E-state index is 13.3. The molecule has 37 heavy (non-hydrogen) atoms. The Labute approximate surface area is 219 Å². The number of aromatic nitrogens is 2. The summed E-state index contributed by atoms with van der Waals surface area (Å²) in [5, 5.41) is 5.76. The Bertz CT molecular complexity index is 1450. The van der Waals surface area contributed by atoms with Gasteiger partial charge < -0.3 is 9.47 Å². The maximum Gasteiger partial charge on any atom is 0.339 e. The number of fused-ring (bicyclic) bond motifs is 2. The normalized spacial score (nSPS) is 13.2. The molecule has 1 amide bonds. The minimum absolute atomic E-state index is 0.406. The Morgan fingerprint density at radius 1 is 1.14 bits per heavy atom. The van der Waals surface area contributed by atoms with Crippen LogP contribution in [0.25, 0.3) is 22.2 Å². The zero-order valence-electron chi connectivity index (χ0n) is 20.8. The van der Waals surface area contributed by atoms with E-state index in [0.717, 1.165) is 65.1 Å². The summed E-state index contributed by atoms with van der Waals surface area (Å²) >= 11 is 1.30. The van der Waals surface area contributed by atoms with Crippen LogP contribution in [0.5, 0.6) is 5.75 Å². The van der Waals surface area contributed by atoms with E-state index in [1.807, 2.05) is 53.9 Å². The third kappa shape index (κ3) is 5.47. The molecule has 3 heterocycles. The molecule has 2 aromatic carbocycles. The largest absolute Gasteiger partial charge is 0.497 e. The summed E-state index contributed by atoms with van der Waals surface area (Å²) in [6, 6.07) is 15.1. The van der Waals surface area contributed by atoms with Gasteiger partial charge in [-0.05, 0) is 31.2 Å². The number of benzene rings is 2. The average molecular weight is 517 g/mol. The number of methoxy groups -OCH3 is 1. The number of hydrogen-bond donors (Lipinski definition) is 1. The highest BCUT2D eigenvalue weighted by atomic mass is 32.1. The highest BCUT2D eigenvalue weighted by molar-refractivity contribution is 7.14. The predicted octanol–water partition coefficient (Wildman–Crippen LogP) is 4.93. The molecule has 0 fully saturated rings. The van der Waals surface area contributed by atoms with E-state index in [0.29, 0.717) is 17.2 Å². The topological polar surface area (TPSA) is 93.7 Å². The average Bonchev–Trinajstić information content (AvgIpc) is 3.39. The highest BCUT2D eigenvalue weighted by Crippen LogP contribution is 2.30. The number of ether oxygens (including phenoxy) is 2. The fraction of sp³-hybridized carbons (Fsp3) is 0.286. The molecule has 0 saturated carbocycles. The van der Waals surface area contributed by atoms with Crippen LogP contribution in [0.15, 0.2) is 53.9 Å². The first-order chi connectivity index (χ1) is 18.1. The maximum absolute atomic E-state index is 13.3. The van der Waals surface area contributed by atoms with E-state index in [1.54, 1.807) is 7.11 Å². The number of thiazole rings is 1. The lowest BCUT2D eigenvalue weighted by Gasteiger charge is -2.29. The lowest BCUT2D eigenvalue weighted by atomic mass is 9.95. The molecule has 0 radical (unpaired) electrons. The Morgan fingerprint density at radius 3 is 2.84 bits per heavy atom. The van der Waals surface area contributed by atoms with Crippen molar-refractivity contribution in [1.82, 2.24) is 14.9 Å². The quantitative estimate of drug-likeness (QED) is 0.332. The van der Waals surface area contributed by atoms with Gasteiger partial charge in [0, 0.05) is 47.1 Å². The number of carbonyl (C=O) groups excluding carboxylic acids is 2. The number of esters is 1. The molecule has 0 bridgehead atoms.